The molecule has 104 valence electrons. The van der Waals surface area contributed by atoms with Gasteiger partial charge in [0.25, 0.3) is 0 Å². The van der Waals surface area contributed by atoms with Gasteiger partial charge in [-0.05, 0) is 36.6 Å². The van der Waals surface area contributed by atoms with Gasteiger partial charge in [0, 0.05) is 10.6 Å². The fraction of sp³-hybridized carbons (Fsp3) is 0.235. The van der Waals surface area contributed by atoms with Crippen LogP contribution in [0.4, 0.5) is 4.39 Å². The fourth-order valence-electron chi connectivity index (χ4n) is 2.03. The molecule has 2 rings (SSSR count). The first-order chi connectivity index (χ1) is 9.61. The van der Waals surface area contributed by atoms with Crippen LogP contribution in [0.2, 0.25) is 5.02 Å². The number of rotatable bonds is 5. The lowest BCUT2D eigenvalue weighted by Gasteiger charge is -2.05. The van der Waals surface area contributed by atoms with Gasteiger partial charge in [-0.25, -0.2) is 4.39 Å². The van der Waals surface area contributed by atoms with Gasteiger partial charge in [0.2, 0.25) is 0 Å². The number of benzene rings is 2. The zero-order valence-corrected chi connectivity index (χ0v) is 12.1. The quantitative estimate of drug-likeness (QED) is 0.704. The Morgan fingerprint density at radius 3 is 2.50 bits per heavy atom. The van der Waals surface area contributed by atoms with Crippen LogP contribution in [0.25, 0.3) is 0 Å². The Balaban J connectivity index is 2.22. The van der Waals surface area contributed by atoms with E-state index in [0.717, 1.165) is 19.3 Å². The summed E-state index contributed by atoms with van der Waals surface area (Å²) in [7, 11) is 0. The summed E-state index contributed by atoms with van der Waals surface area (Å²) < 4.78 is 13.7. The molecule has 0 saturated carbocycles. The van der Waals surface area contributed by atoms with Gasteiger partial charge < -0.3 is 0 Å². The molecule has 0 atom stereocenters. The highest BCUT2D eigenvalue weighted by Crippen LogP contribution is 2.19. The third-order valence-corrected chi connectivity index (χ3v) is 3.44. The second-order valence-electron chi connectivity index (χ2n) is 4.75. The molecule has 0 aliphatic carbocycles. The number of unbranched alkanes of at least 4 members (excludes halogenated alkanes) is 1. The molecule has 0 saturated heterocycles. The van der Waals surface area contributed by atoms with Gasteiger partial charge in [0.05, 0.1) is 5.56 Å². The average Bonchev–Trinajstić information content (AvgIpc) is 2.47. The highest BCUT2D eigenvalue weighted by atomic mass is 35.5. The van der Waals surface area contributed by atoms with Crippen molar-refractivity contribution in [2.45, 2.75) is 26.2 Å². The molecule has 1 nitrogen and oxygen atoms in total. The Labute approximate surface area is 123 Å². The number of ketones is 1. The fourth-order valence-corrected chi connectivity index (χ4v) is 2.20. The summed E-state index contributed by atoms with van der Waals surface area (Å²) in [6.07, 6.45) is 3.25. The van der Waals surface area contributed by atoms with E-state index < -0.39 is 5.82 Å². The molecule has 0 fully saturated rings. The van der Waals surface area contributed by atoms with Crippen LogP contribution in [-0.2, 0) is 6.42 Å². The van der Waals surface area contributed by atoms with Gasteiger partial charge in [-0.1, -0.05) is 49.2 Å². The maximum atomic E-state index is 13.7. The van der Waals surface area contributed by atoms with Crippen LogP contribution < -0.4 is 0 Å². The summed E-state index contributed by atoms with van der Waals surface area (Å²) in [5, 5.41) is 0.356. The Bertz CT molecular complexity index is 605. The van der Waals surface area contributed by atoms with Gasteiger partial charge in [-0.3, -0.25) is 4.79 Å². The smallest absolute Gasteiger partial charge is 0.196 e. The minimum Gasteiger partial charge on any atom is -0.288 e. The number of hydrogen-bond acceptors (Lipinski definition) is 1. The molecule has 0 aromatic heterocycles. The molecule has 0 radical (unpaired) electrons. The molecule has 0 aliphatic rings. The van der Waals surface area contributed by atoms with E-state index in [4.69, 9.17) is 11.6 Å². The Kier molecular flexibility index (Phi) is 4.91. The van der Waals surface area contributed by atoms with Crippen molar-refractivity contribution in [2.24, 2.45) is 0 Å². The molecule has 0 heterocycles. The summed E-state index contributed by atoms with van der Waals surface area (Å²) in [6.45, 7) is 2.14. The van der Waals surface area contributed by atoms with Gasteiger partial charge in [0.15, 0.2) is 5.78 Å². The van der Waals surface area contributed by atoms with Gasteiger partial charge in [0.1, 0.15) is 5.82 Å². The second kappa shape index (κ2) is 6.67. The van der Waals surface area contributed by atoms with E-state index in [-0.39, 0.29) is 11.3 Å². The molecule has 3 heteroatoms. The Hall–Kier alpha value is -1.67. The van der Waals surface area contributed by atoms with E-state index in [1.807, 2.05) is 12.1 Å². The SMILES string of the molecule is CCCCc1ccc(C(=O)c2cc(Cl)ccc2F)cc1. The van der Waals surface area contributed by atoms with Crippen molar-refractivity contribution in [1.82, 2.24) is 0 Å². The zero-order valence-electron chi connectivity index (χ0n) is 11.3. The lowest BCUT2D eigenvalue weighted by Crippen LogP contribution is -2.04. The maximum Gasteiger partial charge on any atom is 0.196 e. The van der Waals surface area contributed by atoms with Gasteiger partial charge in [-0.15, -0.1) is 0 Å². The molecule has 2 aromatic rings. The third kappa shape index (κ3) is 3.45. The monoisotopic (exact) mass is 290 g/mol. The Morgan fingerprint density at radius 2 is 1.85 bits per heavy atom. The van der Waals surface area contributed by atoms with Crippen molar-refractivity contribution in [3.63, 3.8) is 0 Å². The molecule has 0 bridgehead atoms. The predicted octanol–water partition coefficient (Wildman–Crippen LogP) is 5.05. The summed E-state index contributed by atoms with van der Waals surface area (Å²) >= 11 is 5.81. The van der Waals surface area contributed by atoms with E-state index in [0.29, 0.717) is 10.6 Å². The van der Waals surface area contributed by atoms with Gasteiger partial charge in [-0.2, -0.15) is 0 Å². The van der Waals surface area contributed by atoms with E-state index in [1.165, 1.54) is 23.8 Å². The number of hydrogen-bond donors (Lipinski definition) is 0. The summed E-state index contributed by atoms with van der Waals surface area (Å²) in [6, 6.07) is 11.3. The van der Waals surface area contributed by atoms with Crippen molar-refractivity contribution >= 4 is 17.4 Å². The highest BCUT2D eigenvalue weighted by Gasteiger charge is 2.14. The molecule has 20 heavy (non-hydrogen) atoms. The predicted molar refractivity (Wildman–Crippen MR) is 79.9 cm³/mol. The molecule has 0 amide bonds. The molecular weight excluding hydrogens is 275 g/mol. The van der Waals surface area contributed by atoms with Crippen LogP contribution in [0, 0.1) is 5.82 Å². The first-order valence-electron chi connectivity index (χ1n) is 6.70. The van der Waals surface area contributed by atoms with Crippen molar-refractivity contribution in [3.8, 4) is 0 Å². The number of carbonyl (C=O) groups is 1. The first-order valence-corrected chi connectivity index (χ1v) is 7.08. The van der Waals surface area contributed by atoms with Gasteiger partial charge >= 0.3 is 0 Å². The first kappa shape index (κ1) is 14.7. The second-order valence-corrected chi connectivity index (χ2v) is 5.19. The summed E-state index contributed by atoms with van der Waals surface area (Å²) in [5.74, 6) is -0.887. The average molecular weight is 291 g/mol. The molecule has 0 spiro atoms. The van der Waals surface area contributed by atoms with Crippen molar-refractivity contribution in [3.05, 3.63) is 70.0 Å². The molecular formula is C17H16ClFO. The van der Waals surface area contributed by atoms with Crippen LogP contribution >= 0.6 is 11.6 Å². The standard InChI is InChI=1S/C17H16ClFO/c1-2-3-4-12-5-7-13(8-6-12)17(20)15-11-14(18)9-10-16(15)19/h5-11H,2-4H2,1H3. The lowest BCUT2D eigenvalue weighted by atomic mass is 10.00. The van der Waals surface area contributed by atoms with Crippen molar-refractivity contribution in [1.29, 1.82) is 0 Å². The molecule has 0 aliphatic heterocycles. The zero-order chi connectivity index (χ0) is 14.5. The van der Waals surface area contributed by atoms with Crippen LogP contribution in [-0.4, -0.2) is 5.78 Å². The Morgan fingerprint density at radius 1 is 1.15 bits per heavy atom. The van der Waals surface area contributed by atoms with Crippen molar-refractivity contribution in [2.75, 3.05) is 0 Å². The largest absolute Gasteiger partial charge is 0.288 e. The number of carbonyl (C=O) groups excluding carboxylic acids is 1. The topological polar surface area (TPSA) is 17.1 Å². The normalized spacial score (nSPS) is 10.6. The minimum atomic E-state index is -0.547. The van der Waals surface area contributed by atoms with Crippen LogP contribution in [0.5, 0.6) is 0 Å². The molecule has 0 unspecified atom stereocenters. The van der Waals surface area contributed by atoms with E-state index in [2.05, 4.69) is 6.92 Å². The van der Waals surface area contributed by atoms with Crippen molar-refractivity contribution < 1.29 is 9.18 Å². The number of halogens is 2. The number of aryl methyl sites for hydroxylation is 1. The van der Waals surface area contributed by atoms with Crippen LogP contribution in [0.3, 0.4) is 0 Å². The minimum absolute atomic E-state index is 0.0128. The summed E-state index contributed by atoms with van der Waals surface area (Å²) in [4.78, 5) is 12.2. The lowest BCUT2D eigenvalue weighted by molar-refractivity contribution is 0.103. The van der Waals surface area contributed by atoms with Crippen LogP contribution in [0.1, 0.15) is 41.3 Å². The molecule has 0 N–H and O–H groups in total. The highest BCUT2D eigenvalue weighted by molar-refractivity contribution is 6.31. The molecule has 2 aromatic carbocycles. The van der Waals surface area contributed by atoms with E-state index in [9.17, 15) is 9.18 Å². The maximum absolute atomic E-state index is 13.7. The third-order valence-electron chi connectivity index (χ3n) is 3.21. The van der Waals surface area contributed by atoms with E-state index in [1.54, 1.807) is 12.1 Å². The summed E-state index contributed by atoms with van der Waals surface area (Å²) in [5.41, 5.74) is 1.68. The van der Waals surface area contributed by atoms with E-state index >= 15 is 0 Å². The van der Waals surface area contributed by atoms with Crippen LogP contribution in [0.15, 0.2) is 42.5 Å².